The summed E-state index contributed by atoms with van der Waals surface area (Å²) >= 11 is 0. The molecule has 0 aromatic heterocycles. The summed E-state index contributed by atoms with van der Waals surface area (Å²) < 4.78 is 9.88. The molecule has 0 bridgehead atoms. The number of nitrogens with zero attached hydrogens (tertiary/aromatic N) is 1. The van der Waals surface area contributed by atoms with Crippen LogP contribution in [0.3, 0.4) is 0 Å². The third-order valence-corrected chi connectivity index (χ3v) is 3.83. The zero-order chi connectivity index (χ0) is 16.3. The van der Waals surface area contributed by atoms with Gasteiger partial charge in [-0.25, -0.2) is 9.69 Å². The number of carbonyl (C=O) groups is 2. The maximum atomic E-state index is 12.6. The van der Waals surface area contributed by atoms with Gasteiger partial charge in [-0.15, -0.1) is 0 Å². The molecule has 1 saturated heterocycles. The molecule has 1 heterocycles. The Labute approximate surface area is 129 Å². The van der Waals surface area contributed by atoms with Crippen LogP contribution < -0.4 is 4.74 Å². The Morgan fingerprint density at radius 3 is 2.41 bits per heavy atom. The van der Waals surface area contributed by atoms with Crippen molar-refractivity contribution in [3.05, 3.63) is 29.8 Å². The van der Waals surface area contributed by atoms with Crippen molar-refractivity contribution in [2.75, 3.05) is 20.3 Å². The van der Waals surface area contributed by atoms with Crippen molar-refractivity contribution in [3.8, 4) is 5.75 Å². The number of cyclic esters (lactones) is 1. The molecule has 0 spiro atoms. The van der Waals surface area contributed by atoms with Gasteiger partial charge in [0.2, 0.25) is 5.91 Å². The number of methoxy groups -OCH3 is 1. The number of imide groups is 1. The number of carbonyl (C=O) groups excluding carboxylic acids is 2. The van der Waals surface area contributed by atoms with Crippen LogP contribution in [-0.2, 0) is 9.53 Å². The zero-order valence-electron chi connectivity index (χ0n) is 13.0. The third kappa shape index (κ3) is 3.22. The maximum Gasteiger partial charge on any atom is 0.416 e. The highest BCUT2D eigenvalue weighted by Crippen LogP contribution is 2.31. The Bertz CT molecular complexity index is 540. The van der Waals surface area contributed by atoms with E-state index in [1.54, 1.807) is 31.4 Å². The molecular weight excluding hydrogens is 286 g/mol. The van der Waals surface area contributed by atoms with Gasteiger partial charge >= 0.3 is 6.09 Å². The number of benzene rings is 1. The Morgan fingerprint density at radius 2 is 1.95 bits per heavy atom. The summed E-state index contributed by atoms with van der Waals surface area (Å²) in [7, 11) is 1.56. The van der Waals surface area contributed by atoms with E-state index in [9.17, 15) is 14.7 Å². The van der Waals surface area contributed by atoms with E-state index in [-0.39, 0.29) is 19.1 Å². The first kappa shape index (κ1) is 16.3. The van der Waals surface area contributed by atoms with Gasteiger partial charge in [0, 0.05) is 0 Å². The van der Waals surface area contributed by atoms with Gasteiger partial charge in [-0.3, -0.25) is 4.79 Å². The average molecular weight is 307 g/mol. The van der Waals surface area contributed by atoms with Gasteiger partial charge in [0.1, 0.15) is 12.4 Å². The number of rotatable bonds is 5. The summed E-state index contributed by atoms with van der Waals surface area (Å²) in [6.07, 6.45) is -1.63. The summed E-state index contributed by atoms with van der Waals surface area (Å²) in [5.41, 5.74) is 0.611. The summed E-state index contributed by atoms with van der Waals surface area (Å²) in [5.74, 6) is -0.565. The summed E-state index contributed by atoms with van der Waals surface area (Å²) in [4.78, 5) is 25.2. The molecule has 120 valence electrons. The first-order chi connectivity index (χ1) is 10.5. The van der Waals surface area contributed by atoms with Gasteiger partial charge in [0.25, 0.3) is 0 Å². The Kier molecular flexibility index (Phi) is 5.03. The van der Waals surface area contributed by atoms with E-state index in [1.165, 1.54) is 0 Å². The minimum atomic E-state index is -0.994. The van der Waals surface area contributed by atoms with Crippen molar-refractivity contribution in [3.63, 3.8) is 0 Å². The minimum absolute atomic E-state index is 0.127. The van der Waals surface area contributed by atoms with E-state index in [0.717, 1.165) is 4.90 Å². The van der Waals surface area contributed by atoms with Crippen LogP contribution in [0.5, 0.6) is 5.75 Å². The molecule has 2 atom stereocenters. The van der Waals surface area contributed by atoms with Crippen molar-refractivity contribution in [1.29, 1.82) is 0 Å². The quantitative estimate of drug-likeness (QED) is 0.900. The number of ether oxygens (including phenoxy) is 2. The number of aliphatic hydroxyl groups excluding tert-OH is 1. The molecular formula is C16H21NO5. The predicted octanol–water partition coefficient (Wildman–Crippen LogP) is 1.98. The van der Waals surface area contributed by atoms with Gasteiger partial charge in [0.05, 0.1) is 25.7 Å². The molecule has 1 aliphatic rings. The smallest absolute Gasteiger partial charge is 0.416 e. The van der Waals surface area contributed by atoms with E-state index in [1.807, 2.05) is 13.8 Å². The largest absolute Gasteiger partial charge is 0.497 e. The van der Waals surface area contributed by atoms with Crippen LogP contribution in [0.1, 0.15) is 25.5 Å². The average Bonchev–Trinajstić information content (AvgIpc) is 2.93. The molecule has 0 unspecified atom stereocenters. The number of hydrogen-bond acceptors (Lipinski definition) is 5. The van der Waals surface area contributed by atoms with E-state index >= 15 is 0 Å². The number of amides is 2. The van der Waals surface area contributed by atoms with Crippen molar-refractivity contribution in [1.82, 2.24) is 4.90 Å². The molecule has 1 aliphatic heterocycles. The Balaban J connectivity index is 2.22. The molecule has 6 heteroatoms. The van der Waals surface area contributed by atoms with Crippen LogP contribution in [0.4, 0.5) is 4.79 Å². The maximum absolute atomic E-state index is 12.6. The normalized spacial score (nSPS) is 17.3. The number of hydrogen-bond donors (Lipinski definition) is 1. The third-order valence-electron chi connectivity index (χ3n) is 3.83. The second kappa shape index (κ2) is 6.79. The molecule has 0 saturated carbocycles. The lowest BCUT2D eigenvalue weighted by Crippen LogP contribution is -2.41. The topological polar surface area (TPSA) is 76.1 Å². The zero-order valence-corrected chi connectivity index (χ0v) is 13.0. The highest BCUT2D eigenvalue weighted by Gasteiger charge is 2.39. The monoisotopic (exact) mass is 307 g/mol. The van der Waals surface area contributed by atoms with Gasteiger partial charge in [-0.05, 0) is 23.6 Å². The van der Waals surface area contributed by atoms with Gasteiger partial charge in [-0.2, -0.15) is 0 Å². The second-order valence-electron chi connectivity index (χ2n) is 5.59. The van der Waals surface area contributed by atoms with Crippen LogP contribution in [0.25, 0.3) is 0 Å². The summed E-state index contributed by atoms with van der Waals surface area (Å²) in [6, 6.07) is 6.89. The predicted molar refractivity (Wildman–Crippen MR) is 79.3 cm³/mol. The van der Waals surface area contributed by atoms with E-state index in [4.69, 9.17) is 9.47 Å². The number of aliphatic hydroxyl groups is 1. The van der Waals surface area contributed by atoms with E-state index < -0.39 is 24.0 Å². The van der Waals surface area contributed by atoms with Crippen LogP contribution in [-0.4, -0.2) is 42.3 Å². The fourth-order valence-corrected chi connectivity index (χ4v) is 2.57. The lowest BCUT2D eigenvalue weighted by atomic mass is 9.85. The Morgan fingerprint density at radius 1 is 1.32 bits per heavy atom. The lowest BCUT2D eigenvalue weighted by Gasteiger charge is -2.28. The Hall–Kier alpha value is -2.08. The van der Waals surface area contributed by atoms with Crippen molar-refractivity contribution in [2.45, 2.75) is 20.0 Å². The SMILES string of the molecule is COc1ccc([C@H](O)[C@H](C(=O)N2CCOC2=O)C(C)C)cc1. The molecule has 22 heavy (non-hydrogen) atoms. The molecule has 2 rings (SSSR count). The van der Waals surface area contributed by atoms with E-state index in [0.29, 0.717) is 11.3 Å². The van der Waals surface area contributed by atoms with Crippen molar-refractivity contribution >= 4 is 12.0 Å². The molecule has 2 amide bonds. The summed E-state index contributed by atoms with van der Waals surface area (Å²) in [6.45, 7) is 4.12. The molecule has 1 aromatic carbocycles. The molecule has 0 aliphatic carbocycles. The van der Waals surface area contributed by atoms with Crippen molar-refractivity contribution < 1.29 is 24.2 Å². The second-order valence-corrected chi connectivity index (χ2v) is 5.59. The first-order valence-electron chi connectivity index (χ1n) is 7.26. The molecule has 0 radical (unpaired) electrons. The van der Waals surface area contributed by atoms with Gasteiger partial charge < -0.3 is 14.6 Å². The fraction of sp³-hybridized carbons (Fsp3) is 0.500. The minimum Gasteiger partial charge on any atom is -0.497 e. The summed E-state index contributed by atoms with van der Waals surface area (Å²) in [5, 5.41) is 10.6. The van der Waals surface area contributed by atoms with E-state index in [2.05, 4.69) is 0 Å². The van der Waals surface area contributed by atoms with Crippen LogP contribution >= 0.6 is 0 Å². The highest BCUT2D eigenvalue weighted by atomic mass is 16.6. The highest BCUT2D eigenvalue weighted by molar-refractivity contribution is 5.94. The molecule has 6 nitrogen and oxygen atoms in total. The molecule has 1 N–H and O–H groups in total. The standard InChI is InChI=1S/C16H21NO5/c1-10(2)13(15(19)17-8-9-22-16(17)20)14(18)11-4-6-12(21-3)7-5-11/h4-7,10,13-14,18H,8-9H2,1-3H3/t13-,14+/m1/s1. The van der Waals surface area contributed by atoms with Gasteiger partial charge in [0.15, 0.2) is 0 Å². The van der Waals surface area contributed by atoms with Crippen LogP contribution in [0, 0.1) is 11.8 Å². The van der Waals surface area contributed by atoms with Crippen LogP contribution in [0.2, 0.25) is 0 Å². The van der Waals surface area contributed by atoms with Crippen molar-refractivity contribution in [2.24, 2.45) is 11.8 Å². The first-order valence-corrected chi connectivity index (χ1v) is 7.26. The fourth-order valence-electron chi connectivity index (χ4n) is 2.57. The van der Waals surface area contributed by atoms with Crippen LogP contribution in [0.15, 0.2) is 24.3 Å². The van der Waals surface area contributed by atoms with Gasteiger partial charge in [-0.1, -0.05) is 26.0 Å². The molecule has 1 aromatic rings. The lowest BCUT2D eigenvalue weighted by molar-refractivity contribution is -0.138. The molecule has 1 fully saturated rings.